The van der Waals surface area contributed by atoms with Crippen LogP contribution >= 0.6 is 0 Å². The molecule has 106 valence electrons. The molecule has 1 aromatic carbocycles. The fourth-order valence-corrected chi connectivity index (χ4v) is 3.30. The number of fused-ring (bicyclic) bond motifs is 1. The fourth-order valence-electron chi connectivity index (χ4n) is 3.30. The Bertz CT molecular complexity index is 561. The van der Waals surface area contributed by atoms with Crippen molar-refractivity contribution in [2.24, 2.45) is 5.92 Å². The lowest BCUT2D eigenvalue weighted by Crippen LogP contribution is -2.30. The summed E-state index contributed by atoms with van der Waals surface area (Å²) in [4.78, 5) is 9.10. The molecule has 1 heterocycles. The zero-order valence-corrected chi connectivity index (χ0v) is 12.2. The summed E-state index contributed by atoms with van der Waals surface area (Å²) in [5.41, 5.74) is 1.02. The van der Waals surface area contributed by atoms with E-state index in [1.807, 2.05) is 24.4 Å². The number of benzene rings is 1. The Labute approximate surface area is 120 Å². The van der Waals surface area contributed by atoms with Gasteiger partial charge in [-0.25, -0.2) is 9.97 Å². The third-order valence-corrected chi connectivity index (χ3v) is 4.46. The van der Waals surface area contributed by atoms with Crippen LogP contribution in [0.3, 0.4) is 0 Å². The lowest BCUT2D eigenvalue weighted by molar-refractivity contribution is 0.312. The van der Waals surface area contributed by atoms with Crippen molar-refractivity contribution in [2.75, 3.05) is 5.32 Å². The van der Waals surface area contributed by atoms with Crippen LogP contribution in [0.5, 0.6) is 0 Å². The van der Waals surface area contributed by atoms with E-state index in [0.717, 1.165) is 29.2 Å². The van der Waals surface area contributed by atoms with Crippen LogP contribution in [-0.4, -0.2) is 16.0 Å². The predicted molar refractivity (Wildman–Crippen MR) is 83.8 cm³/mol. The fraction of sp³-hybridized carbons (Fsp3) is 0.529. The molecule has 0 amide bonds. The van der Waals surface area contributed by atoms with Crippen LogP contribution in [0.4, 0.5) is 5.95 Å². The number of para-hydroxylation sites is 1. The van der Waals surface area contributed by atoms with E-state index in [2.05, 4.69) is 28.3 Å². The lowest BCUT2D eigenvalue weighted by Gasteiger charge is -2.30. The van der Waals surface area contributed by atoms with Gasteiger partial charge in [-0.05, 0) is 31.2 Å². The first-order chi connectivity index (χ1) is 9.86. The first-order valence-corrected chi connectivity index (χ1v) is 7.85. The Kier molecular flexibility index (Phi) is 4.14. The SMILES string of the molecule is CCC(Nc1ncc2ccccc2n1)C1CCCCC1. The molecule has 0 spiro atoms. The van der Waals surface area contributed by atoms with Crippen molar-refractivity contribution in [1.29, 1.82) is 0 Å². The zero-order chi connectivity index (χ0) is 13.8. The van der Waals surface area contributed by atoms with Crippen LogP contribution in [0.1, 0.15) is 45.4 Å². The molecule has 3 heteroatoms. The molecule has 1 aromatic heterocycles. The maximum atomic E-state index is 4.64. The van der Waals surface area contributed by atoms with Gasteiger partial charge in [-0.1, -0.05) is 44.4 Å². The summed E-state index contributed by atoms with van der Waals surface area (Å²) >= 11 is 0. The molecule has 1 unspecified atom stereocenters. The molecule has 20 heavy (non-hydrogen) atoms. The Balaban J connectivity index is 1.76. The molecular formula is C17H23N3. The maximum Gasteiger partial charge on any atom is 0.223 e. The van der Waals surface area contributed by atoms with Gasteiger partial charge >= 0.3 is 0 Å². The number of hydrogen-bond donors (Lipinski definition) is 1. The molecule has 1 aliphatic carbocycles. The molecule has 0 aliphatic heterocycles. The topological polar surface area (TPSA) is 37.8 Å². The molecule has 1 fully saturated rings. The van der Waals surface area contributed by atoms with Gasteiger partial charge in [0.1, 0.15) is 0 Å². The van der Waals surface area contributed by atoms with Gasteiger partial charge in [0.2, 0.25) is 5.95 Å². The highest BCUT2D eigenvalue weighted by molar-refractivity contribution is 5.78. The Hall–Kier alpha value is -1.64. The summed E-state index contributed by atoms with van der Waals surface area (Å²) in [6.45, 7) is 2.26. The molecule has 3 nitrogen and oxygen atoms in total. The third kappa shape index (κ3) is 2.92. The smallest absolute Gasteiger partial charge is 0.223 e. The van der Waals surface area contributed by atoms with Crippen molar-refractivity contribution in [3.8, 4) is 0 Å². The standard InChI is InChI=1S/C17H23N3/c1-2-15(13-8-4-3-5-9-13)19-17-18-12-14-10-6-7-11-16(14)20-17/h6-7,10-13,15H,2-5,8-9H2,1H3,(H,18,19,20). The molecule has 1 aliphatic rings. The number of aromatic nitrogens is 2. The highest BCUT2D eigenvalue weighted by Crippen LogP contribution is 2.29. The minimum atomic E-state index is 0.511. The average Bonchev–Trinajstić information content (AvgIpc) is 2.53. The van der Waals surface area contributed by atoms with Crippen LogP contribution in [0, 0.1) is 5.92 Å². The zero-order valence-electron chi connectivity index (χ0n) is 12.2. The van der Waals surface area contributed by atoms with E-state index < -0.39 is 0 Å². The quantitative estimate of drug-likeness (QED) is 0.894. The van der Waals surface area contributed by atoms with Crippen LogP contribution in [0.15, 0.2) is 30.5 Å². The van der Waals surface area contributed by atoms with Crippen molar-refractivity contribution >= 4 is 16.9 Å². The second-order valence-electron chi connectivity index (χ2n) is 5.81. The van der Waals surface area contributed by atoms with Crippen molar-refractivity contribution in [1.82, 2.24) is 9.97 Å². The predicted octanol–water partition coefficient (Wildman–Crippen LogP) is 4.40. The summed E-state index contributed by atoms with van der Waals surface area (Å²) in [7, 11) is 0. The maximum absolute atomic E-state index is 4.64. The highest BCUT2D eigenvalue weighted by Gasteiger charge is 2.22. The van der Waals surface area contributed by atoms with E-state index in [9.17, 15) is 0 Å². The van der Waals surface area contributed by atoms with Gasteiger partial charge < -0.3 is 5.32 Å². The van der Waals surface area contributed by atoms with Crippen LogP contribution in [0.2, 0.25) is 0 Å². The minimum Gasteiger partial charge on any atom is -0.351 e. The molecule has 2 aromatic rings. The molecule has 0 radical (unpaired) electrons. The van der Waals surface area contributed by atoms with Crippen LogP contribution in [0.25, 0.3) is 10.9 Å². The molecule has 0 saturated heterocycles. The largest absolute Gasteiger partial charge is 0.351 e. The highest BCUT2D eigenvalue weighted by atomic mass is 15.1. The summed E-state index contributed by atoms with van der Waals surface area (Å²) in [6.07, 6.45) is 9.90. The molecule has 3 rings (SSSR count). The summed E-state index contributed by atoms with van der Waals surface area (Å²) < 4.78 is 0. The van der Waals surface area contributed by atoms with E-state index >= 15 is 0 Å². The van der Waals surface area contributed by atoms with Crippen molar-refractivity contribution in [3.05, 3.63) is 30.5 Å². The van der Waals surface area contributed by atoms with E-state index in [1.165, 1.54) is 32.1 Å². The van der Waals surface area contributed by atoms with Crippen LogP contribution in [-0.2, 0) is 0 Å². The summed E-state index contributed by atoms with van der Waals surface area (Å²) in [5, 5.41) is 4.67. The number of nitrogens with one attached hydrogen (secondary N) is 1. The normalized spacial score (nSPS) is 18.1. The van der Waals surface area contributed by atoms with Gasteiger partial charge in [-0.2, -0.15) is 0 Å². The van der Waals surface area contributed by atoms with E-state index in [4.69, 9.17) is 0 Å². The summed E-state index contributed by atoms with van der Waals surface area (Å²) in [5.74, 6) is 1.56. The minimum absolute atomic E-state index is 0.511. The van der Waals surface area contributed by atoms with Gasteiger partial charge in [-0.3, -0.25) is 0 Å². The first kappa shape index (κ1) is 13.3. The Morgan fingerprint density at radius 2 is 2.00 bits per heavy atom. The van der Waals surface area contributed by atoms with Gasteiger partial charge in [0.15, 0.2) is 0 Å². The molecule has 1 atom stereocenters. The van der Waals surface area contributed by atoms with E-state index in [1.54, 1.807) is 0 Å². The van der Waals surface area contributed by atoms with Gasteiger partial charge in [-0.15, -0.1) is 0 Å². The monoisotopic (exact) mass is 269 g/mol. The first-order valence-electron chi connectivity index (χ1n) is 7.85. The van der Waals surface area contributed by atoms with Crippen LogP contribution < -0.4 is 5.32 Å². The Morgan fingerprint density at radius 1 is 1.20 bits per heavy atom. The number of anilines is 1. The van der Waals surface area contributed by atoms with Crippen molar-refractivity contribution in [2.45, 2.75) is 51.5 Å². The van der Waals surface area contributed by atoms with Gasteiger partial charge in [0, 0.05) is 17.6 Å². The Morgan fingerprint density at radius 3 is 2.80 bits per heavy atom. The lowest BCUT2D eigenvalue weighted by atomic mass is 9.83. The number of hydrogen-bond acceptors (Lipinski definition) is 3. The van der Waals surface area contributed by atoms with E-state index in [-0.39, 0.29) is 0 Å². The molecule has 0 bridgehead atoms. The third-order valence-electron chi connectivity index (χ3n) is 4.46. The van der Waals surface area contributed by atoms with E-state index in [0.29, 0.717) is 6.04 Å². The second-order valence-corrected chi connectivity index (χ2v) is 5.81. The molecule has 1 saturated carbocycles. The molecule has 1 N–H and O–H groups in total. The van der Waals surface area contributed by atoms with Gasteiger partial charge in [0.25, 0.3) is 0 Å². The molecular weight excluding hydrogens is 246 g/mol. The van der Waals surface area contributed by atoms with Crippen molar-refractivity contribution < 1.29 is 0 Å². The summed E-state index contributed by atoms with van der Waals surface area (Å²) in [6, 6.07) is 8.66. The number of nitrogens with zero attached hydrogens (tertiary/aromatic N) is 2. The second kappa shape index (κ2) is 6.21. The van der Waals surface area contributed by atoms with Gasteiger partial charge in [0.05, 0.1) is 5.52 Å². The average molecular weight is 269 g/mol. The number of rotatable bonds is 4. The van der Waals surface area contributed by atoms with Crippen molar-refractivity contribution in [3.63, 3.8) is 0 Å².